The summed E-state index contributed by atoms with van der Waals surface area (Å²) < 4.78 is 13.3. The summed E-state index contributed by atoms with van der Waals surface area (Å²) in [5, 5.41) is 18.6. The van der Waals surface area contributed by atoms with Crippen LogP contribution in [0, 0.1) is 11.7 Å². The third-order valence-corrected chi connectivity index (χ3v) is 3.94. The minimum Gasteiger partial charge on any atom is -0.396 e. The van der Waals surface area contributed by atoms with Crippen LogP contribution in [0.1, 0.15) is 30.6 Å². The van der Waals surface area contributed by atoms with Gasteiger partial charge in [-0.05, 0) is 30.5 Å². The lowest BCUT2D eigenvalue weighted by molar-refractivity contribution is 0.0917. The number of H-pyrrole nitrogens is 1. The van der Waals surface area contributed by atoms with Crippen molar-refractivity contribution in [3.8, 4) is 11.3 Å². The predicted octanol–water partition coefficient (Wildman–Crippen LogP) is 3.01. The van der Waals surface area contributed by atoms with Gasteiger partial charge in [0.1, 0.15) is 5.82 Å². The second-order valence-corrected chi connectivity index (χ2v) is 6.03. The van der Waals surface area contributed by atoms with E-state index in [0.717, 1.165) is 0 Å². The Morgan fingerprint density at radius 2 is 2.22 bits per heavy atom. The third kappa shape index (κ3) is 4.09. The fraction of sp³-hybridized carbons (Fsp3) is 0.375. The fourth-order valence-corrected chi connectivity index (χ4v) is 2.47. The number of hydrogen-bond donors (Lipinski definition) is 3. The number of aromatic nitrogens is 2. The zero-order valence-corrected chi connectivity index (χ0v) is 13.7. The minimum absolute atomic E-state index is 0.00502. The molecule has 2 aromatic rings. The molecule has 0 aliphatic carbocycles. The Bertz CT molecular complexity index is 688. The van der Waals surface area contributed by atoms with Gasteiger partial charge in [-0.3, -0.25) is 9.89 Å². The normalized spacial score (nSPS) is 12.4. The van der Waals surface area contributed by atoms with E-state index in [1.54, 1.807) is 0 Å². The first-order valence-electron chi connectivity index (χ1n) is 7.34. The number of aliphatic hydroxyl groups excluding tert-OH is 1. The minimum atomic E-state index is -0.524. The highest BCUT2D eigenvalue weighted by molar-refractivity contribution is 6.31. The summed E-state index contributed by atoms with van der Waals surface area (Å²) in [6.07, 6.45) is 1.89. The summed E-state index contributed by atoms with van der Waals surface area (Å²) in [6, 6.07) is 4.06. The Balaban J connectivity index is 2.26. The first-order valence-corrected chi connectivity index (χ1v) is 7.72. The number of halogens is 2. The molecule has 0 saturated heterocycles. The molecule has 1 atom stereocenters. The van der Waals surface area contributed by atoms with Crippen LogP contribution in [-0.4, -0.2) is 33.9 Å². The van der Waals surface area contributed by atoms with Crippen LogP contribution in [0.3, 0.4) is 0 Å². The van der Waals surface area contributed by atoms with E-state index < -0.39 is 5.82 Å². The lowest BCUT2D eigenvalue weighted by Crippen LogP contribution is -2.39. The van der Waals surface area contributed by atoms with Crippen molar-refractivity contribution in [1.82, 2.24) is 15.5 Å². The number of nitrogens with one attached hydrogen (secondary N) is 2. The van der Waals surface area contributed by atoms with Gasteiger partial charge in [0.05, 0.1) is 22.5 Å². The number of hydrogen-bond acceptors (Lipinski definition) is 3. The summed E-state index contributed by atoms with van der Waals surface area (Å²) >= 11 is 5.79. The Morgan fingerprint density at radius 3 is 2.83 bits per heavy atom. The summed E-state index contributed by atoms with van der Waals surface area (Å²) in [5.41, 5.74) is 1.38. The third-order valence-electron chi connectivity index (χ3n) is 3.65. The van der Waals surface area contributed by atoms with Crippen molar-refractivity contribution >= 4 is 17.5 Å². The highest BCUT2D eigenvalue weighted by Crippen LogP contribution is 2.26. The number of benzene rings is 1. The molecule has 1 aromatic heterocycles. The topological polar surface area (TPSA) is 78.0 Å². The molecule has 0 aliphatic rings. The summed E-state index contributed by atoms with van der Waals surface area (Å²) in [5.74, 6) is -0.646. The number of aromatic amines is 1. The molecule has 0 aliphatic heterocycles. The lowest BCUT2D eigenvalue weighted by atomic mass is 10.0. The Morgan fingerprint density at radius 1 is 1.48 bits per heavy atom. The highest BCUT2D eigenvalue weighted by atomic mass is 35.5. The van der Waals surface area contributed by atoms with Crippen molar-refractivity contribution in [2.75, 3.05) is 6.61 Å². The number of aliphatic hydroxyl groups is 1. The molecule has 5 nitrogen and oxygen atoms in total. The maximum atomic E-state index is 13.3. The van der Waals surface area contributed by atoms with E-state index in [1.165, 1.54) is 24.4 Å². The number of nitrogens with zero attached hydrogens (tertiary/aromatic N) is 1. The van der Waals surface area contributed by atoms with Crippen LogP contribution in [0.4, 0.5) is 4.39 Å². The molecule has 1 heterocycles. The lowest BCUT2D eigenvalue weighted by Gasteiger charge is -2.21. The zero-order valence-electron chi connectivity index (χ0n) is 12.9. The largest absolute Gasteiger partial charge is 0.396 e. The van der Waals surface area contributed by atoms with E-state index in [0.29, 0.717) is 23.2 Å². The van der Waals surface area contributed by atoms with Crippen molar-refractivity contribution < 1.29 is 14.3 Å². The molecule has 124 valence electrons. The SMILES string of the molecule is CC(C)C(CCO)NC(=O)c1cn[nH]c1-c1ccc(F)c(Cl)c1. The number of rotatable bonds is 6. The molecule has 1 unspecified atom stereocenters. The van der Waals surface area contributed by atoms with Gasteiger partial charge in [-0.1, -0.05) is 25.4 Å². The smallest absolute Gasteiger partial charge is 0.255 e. The van der Waals surface area contributed by atoms with Gasteiger partial charge < -0.3 is 10.4 Å². The number of carbonyl (C=O) groups excluding carboxylic acids is 1. The molecule has 1 amide bonds. The van der Waals surface area contributed by atoms with Gasteiger partial charge >= 0.3 is 0 Å². The van der Waals surface area contributed by atoms with E-state index in [2.05, 4.69) is 15.5 Å². The fourth-order valence-electron chi connectivity index (χ4n) is 2.29. The maximum absolute atomic E-state index is 13.3. The molecule has 0 spiro atoms. The summed E-state index contributed by atoms with van der Waals surface area (Å²) in [4.78, 5) is 12.5. The first kappa shape index (κ1) is 17.4. The van der Waals surface area contributed by atoms with Gasteiger partial charge in [-0.15, -0.1) is 0 Å². The average Bonchev–Trinajstić information content (AvgIpc) is 2.99. The predicted molar refractivity (Wildman–Crippen MR) is 86.8 cm³/mol. The van der Waals surface area contributed by atoms with Crippen molar-refractivity contribution in [3.63, 3.8) is 0 Å². The highest BCUT2D eigenvalue weighted by Gasteiger charge is 2.21. The van der Waals surface area contributed by atoms with Crippen molar-refractivity contribution in [1.29, 1.82) is 0 Å². The second kappa shape index (κ2) is 7.57. The first-order chi connectivity index (χ1) is 10.9. The monoisotopic (exact) mass is 339 g/mol. The van der Waals surface area contributed by atoms with E-state index in [4.69, 9.17) is 16.7 Å². The van der Waals surface area contributed by atoms with E-state index in [1.807, 2.05) is 13.8 Å². The van der Waals surface area contributed by atoms with Crippen LogP contribution in [0.15, 0.2) is 24.4 Å². The number of carbonyl (C=O) groups is 1. The van der Waals surface area contributed by atoms with E-state index in [9.17, 15) is 9.18 Å². The van der Waals surface area contributed by atoms with Crippen LogP contribution in [-0.2, 0) is 0 Å². The van der Waals surface area contributed by atoms with Gasteiger partial charge in [0, 0.05) is 18.2 Å². The molecule has 7 heteroatoms. The van der Waals surface area contributed by atoms with Crippen LogP contribution in [0.2, 0.25) is 5.02 Å². The molecule has 2 rings (SSSR count). The van der Waals surface area contributed by atoms with Crippen molar-refractivity contribution in [2.45, 2.75) is 26.3 Å². The molecule has 3 N–H and O–H groups in total. The standard InChI is InChI=1S/C16H19ClFN3O2/c1-9(2)14(5-6-22)20-16(23)11-8-19-21-15(11)10-3-4-13(18)12(17)7-10/h3-4,7-9,14,22H,5-6H2,1-2H3,(H,19,21)(H,20,23). The molecule has 0 saturated carbocycles. The second-order valence-electron chi connectivity index (χ2n) is 5.62. The van der Waals surface area contributed by atoms with E-state index >= 15 is 0 Å². The molecule has 1 aromatic carbocycles. The van der Waals surface area contributed by atoms with Crippen LogP contribution in [0.25, 0.3) is 11.3 Å². The maximum Gasteiger partial charge on any atom is 0.255 e. The van der Waals surface area contributed by atoms with Gasteiger partial charge in [-0.25, -0.2) is 4.39 Å². The Hall–Kier alpha value is -1.92. The van der Waals surface area contributed by atoms with Gasteiger partial charge in [0.15, 0.2) is 0 Å². The molecule has 0 fully saturated rings. The summed E-state index contributed by atoms with van der Waals surface area (Å²) in [6.45, 7) is 3.93. The van der Waals surface area contributed by atoms with Gasteiger partial charge in [0.2, 0.25) is 0 Å². The van der Waals surface area contributed by atoms with Crippen LogP contribution < -0.4 is 5.32 Å². The molecular weight excluding hydrogens is 321 g/mol. The molecular formula is C16H19ClFN3O2. The number of amides is 1. The van der Waals surface area contributed by atoms with Crippen molar-refractivity contribution in [3.05, 3.63) is 40.8 Å². The molecule has 0 bridgehead atoms. The van der Waals surface area contributed by atoms with Crippen molar-refractivity contribution in [2.24, 2.45) is 5.92 Å². The van der Waals surface area contributed by atoms with Gasteiger partial charge in [0.25, 0.3) is 5.91 Å². The van der Waals surface area contributed by atoms with Crippen LogP contribution >= 0.6 is 11.6 Å². The molecule has 23 heavy (non-hydrogen) atoms. The van der Waals surface area contributed by atoms with E-state index in [-0.39, 0.29) is 29.5 Å². The summed E-state index contributed by atoms with van der Waals surface area (Å²) in [7, 11) is 0. The zero-order chi connectivity index (χ0) is 17.0. The Labute approximate surface area is 138 Å². The average molecular weight is 340 g/mol. The van der Waals surface area contributed by atoms with Gasteiger partial charge in [-0.2, -0.15) is 5.10 Å². The Kier molecular flexibility index (Phi) is 5.74. The molecule has 0 radical (unpaired) electrons. The quantitative estimate of drug-likeness (QED) is 0.757. The van der Waals surface area contributed by atoms with Crippen LogP contribution in [0.5, 0.6) is 0 Å².